The van der Waals surface area contributed by atoms with Crippen molar-refractivity contribution in [2.75, 3.05) is 20.1 Å². The van der Waals surface area contributed by atoms with Gasteiger partial charge in [-0.1, -0.05) is 24.3 Å². The van der Waals surface area contributed by atoms with Crippen LogP contribution < -0.4 is 0 Å². The molecule has 24 heavy (non-hydrogen) atoms. The molecule has 4 heterocycles. The Morgan fingerprint density at radius 1 is 1.08 bits per heavy atom. The van der Waals surface area contributed by atoms with Crippen molar-refractivity contribution in [2.24, 2.45) is 5.92 Å². The standard InChI is InChI=1S/C19H24N4O/c1-21-18-8-7-17(19(21)24)12-22(14-18)11-15-5-2-3-6-16(15)13-23-10-4-9-20-23/h2-6,9-10,17-18H,7-8,11-14H2,1H3/t17-,18+/m0/s1. The summed E-state index contributed by atoms with van der Waals surface area (Å²) < 4.78 is 1.96. The fourth-order valence-corrected chi connectivity index (χ4v) is 4.05. The van der Waals surface area contributed by atoms with E-state index in [0.717, 1.165) is 39.0 Å². The van der Waals surface area contributed by atoms with Gasteiger partial charge in [-0.15, -0.1) is 0 Å². The molecule has 5 nitrogen and oxygen atoms in total. The zero-order valence-electron chi connectivity index (χ0n) is 14.1. The lowest BCUT2D eigenvalue weighted by Gasteiger charge is -2.32. The minimum atomic E-state index is 0.173. The zero-order chi connectivity index (χ0) is 16.5. The van der Waals surface area contributed by atoms with Gasteiger partial charge in [-0.3, -0.25) is 14.4 Å². The molecule has 3 aliphatic rings. The van der Waals surface area contributed by atoms with E-state index in [2.05, 4.69) is 34.3 Å². The highest BCUT2D eigenvalue weighted by Crippen LogP contribution is 2.29. The summed E-state index contributed by atoms with van der Waals surface area (Å²) in [5.74, 6) is 0.505. The number of hydrogen-bond donors (Lipinski definition) is 0. The number of likely N-dealkylation sites (N-methyl/N-ethyl adjacent to an activating group) is 1. The van der Waals surface area contributed by atoms with E-state index >= 15 is 0 Å². The maximum Gasteiger partial charge on any atom is 0.227 e. The van der Waals surface area contributed by atoms with Crippen LogP contribution in [0.3, 0.4) is 0 Å². The SMILES string of the molecule is CN1C(=O)[C@H]2CC[C@@H]1CN(Cc1ccccc1Cn1cccn1)C2. The van der Waals surface area contributed by atoms with E-state index in [4.69, 9.17) is 0 Å². The number of fused-ring (bicyclic) bond motifs is 4. The molecule has 0 N–H and O–H groups in total. The molecule has 0 spiro atoms. The summed E-state index contributed by atoms with van der Waals surface area (Å²) in [5.41, 5.74) is 2.64. The van der Waals surface area contributed by atoms with Gasteiger partial charge < -0.3 is 4.90 Å². The highest BCUT2D eigenvalue weighted by atomic mass is 16.2. The normalized spacial score (nSPS) is 24.4. The molecule has 0 radical (unpaired) electrons. The molecular formula is C19H24N4O. The van der Waals surface area contributed by atoms with Gasteiger partial charge in [-0.05, 0) is 30.0 Å². The van der Waals surface area contributed by atoms with Crippen LogP contribution in [-0.4, -0.2) is 51.7 Å². The molecular weight excluding hydrogens is 300 g/mol. The predicted octanol–water partition coefficient (Wildman–Crippen LogP) is 1.98. The van der Waals surface area contributed by atoms with Gasteiger partial charge in [0.25, 0.3) is 0 Å². The quantitative estimate of drug-likeness (QED) is 0.864. The number of rotatable bonds is 4. The van der Waals surface area contributed by atoms with E-state index in [-0.39, 0.29) is 5.92 Å². The van der Waals surface area contributed by atoms with E-state index in [1.54, 1.807) is 0 Å². The van der Waals surface area contributed by atoms with Crippen LogP contribution in [0.2, 0.25) is 0 Å². The molecule has 126 valence electrons. The number of hydrogen-bond acceptors (Lipinski definition) is 3. The molecule has 2 atom stereocenters. The minimum absolute atomic E-state index is 0.173. The van der Waals surface area contributed by atoms with E-state index in [0.29, 0.717) is 11.9 Å². The summed E-state index contributed by atoms with van der Waals surface area (Å²) >= 11 is 0. The smallest absolute Gasteiger partial charge is 0.227 e. The predicted molar refractivity (Wildman–Crippen MR) is 92.3 cm³/mol. The second-order valence-electron chi connectivity index (χ2n) is 7.04. The second kappa shape index (κ2) is 6.40. The number of piperidine rings is 1. The Morgan fingerprint density at radius 2 is 1.88 bits per heavy atom. The molecule has 2 aromatic rings. The Bertz CT molecular complexity index is 712. The van der Waals surface area contributed by atoms with Crippen LogP contribution in [0.4, 0.5) is 0 Å². The Labute approximate surface area is 142 Å². The third-order valence-electron chi connectivity index (χ3n) is 5.44. The molecule has 0 aliphatic carbocycles. The van der Waals surface area contributed by atoms with Gasteiger partial charge >= 0.3 is 0 Å². The lowest BCUT2D eigenvalue weighted by molar-refractivity contribution is -0.138. The van der Waals surface area contributed by atoms with Crippen molar-refractivity contribution in [2.45, 2.75) is 32.0 Å². The Hall–Kier alpha value is -2.14. The number of aromatic nitrogens is 2. The van der Waals surface area contributed by atoms with Crippen molar-refractivity contribution in [1.82, 2.24) is 19.6 Å². The van der Waals surface area contributed by atoms with Crippen LogP contribution in [-0.2, 0) is 17.9 Å². The molecule has 5 heteroatoms. The summed E-state index contributed by atoms with van der Waals surface area (Å²) in [5, 5.41) is 4.32. The number of carbonyl (C=O) groups is 1. The first kappa shape index (κ1) is 15.4. The van der Waals surface area contributed by atoms with Gasteiger partial charge in [0.05, 0.1) is 12.5 Å². The summed E-state index contributed by atoms with van der Waals surface area (Å²) in [7, 11) is 1.97. The maximum absolute atomic E-state index is 12.4. The highest BCUT2D eigenvalue weighted by Gasteiger charge is 2.38. The lowest BCUT2D eigenvalue weighted by Crippen LogP contribution is -2.45. The number of benzene rings is 1. The first-order valence-electron chi connectivity index (χ1n) is 8.74. The van der Waals surface area contributed by atoms with Gasteiger partial charge in [-0.25, -0.2) is 0 Å². The second-order valence-corrected chi connectivity index (χ2v) is 7.04. The average molecular weight is 324 g/mol. The van der Waals surface area contributed by atoms with Crippen LogP contribution in [0.1, 0.15) is 24.0 Å². The van der Waals surface area contributed by atoms with Crippen LogP contribution in [0.15, 0.2) is 42.7 Å². The maximum atomic E-state index is 12.4. The largest absolute Gasteiger partial charge is 0.341 e. The molecule has 3 saturated heterocycles. The molecule has 2 bridgehead atoms. The van der Waals surface area contributed by atoms with Crippen molar-refractivity contribution >= 4 is 5.91 Å². The molecule has 0 unspecified atom stereocenters. The monoisotopic (exact) mass is 324 g/mol. The third-order valence-corrected chi connectivity index (χ3v) is 5.44. The van der Waals surface area contributed by atoms with Crippen LogP contribution in [0.5, 0.6) is 0 Å². The summed E-state index contributed by atoms with van der Waals surface area (Å²) in [6.07, 6.45) is 5.99. The topological polar surface area (TPSA) is 41.4 Å². The first-order valence-corrected chi connectivity index (χ1v) is 8.74. The number of nitrogens with zero attached hydrogens (tertiary/aromatic N) is 4. The molecule has 3 fully saturated rings. The Kier molecular flexibility index (Phi) is 4.10. The van der Waals surface area contributed by atoms with Crippen molar-refractivity contribution < 1.29 is 4.79 Å². The first-order chi connectivity index (χ1) is 11.7. The fraction of sp³-hybridized carbons (Fsp3) is 0.474. The van der Waals surface area contributed by atoms with Gasteiger partial charge in [-0.2, -0.15) is 5.10 Å². The third kappa shape index (κ3) is 2.96. The summed E-state index contributed by atoms with van der Waals surface area (Å²) in [6, 6.07) is 10.9. The van der Waals surface area contributed by atoms with Crippen molar-refractivity contribution in [3.05, 3.63) is 53.9 Å². The number of amides is 1. The Morgan fingerprint density at radius 3 is 2.62 bits per heavy atom. The summed E-state index contributed by atoms with van der Waals surface area (Å²) in [4.78, 5) is 16.8. The van der Waals surface area contributed by atoms with Gasteiger partial charge in [0, 0.05) is 45.1 Å². The molecule has 1 aromatic heterocycles. The van der Waals surface area contributed by atoms with Gasteiger partial charge in [0.2, 0.25) is 5.91 Å². The molecule has 1 amide bonds. The average Bonchev–Trinajstić information content (AvgIpc) is 2.96. The Balaban J connectivity index is 1.52. The van der Waals surface area contributed by atoms with E-state index in [1.165, 1.54) is 11.1 Å². The zero-order valence-corrected chi connectivity index (χ0v) is 14.1. The van der Waals surface area contributed by atoms with Gasteiger partial charge in [0.15, 0.2) is 0 Å². The van der Waals surface area contributed by atoms with E-state index in [9.17, 15) is 4.79 Å². The fourth-order valence-electron chi connectivity index (χ4n) is 4.05. The molecule has 0 saturated carbocycles. The molecule has 3 aliphatic heterocycles. The van der Waals surface area contributed by atoms with E-state index in [1.807, 2.05) is 35.1 Å². The van der Waals surface area contributed by atoms with Crippen LogP contribution in [0.25, 0.3) is 0 Å². The lowest BCUT2D eigenvalue weighted by atomic mass is 9.95. The number of carbonyl (C=O) groups excluding carboxylic acids is 1. The van der Waals surface area contributed by atoms with Crippen molar-refractivity contribution in [3.8, 4) is 0 Å². The van der Waals surface area contributed by atoms with Crippen LogP contribution in [0, 0.1) is 5.92 Å². The molecule has 5 rings (SSSR count). The van der Waals surface area contributed by atoms with Crippen molar-refractivity contribution in [3.63, 3.8) is 0 Å². The highest BCUT2D eigenvalue weighted by molar-refractivity contribution is 5.80. The summed E-state index contributed by atoms with van der Waals surface area (Å²) in [6.45, 7) is 3.57. The van der Waals surface area contributed by atoms with Gasteiger partial charge in [0.1, 0.15) is 0 Å². The van der Waals surface area contributed by atoms with Crippen molar-refractivity contribution in [1.29, 1.82) is 0 Å². The minimum Gasteiger partial charge on any atom is -0.341 e. The van der Waals surface area contributed by atoms with E-state index < -0.39 is 0 Å². The molecule has 1 aromatic carbocycles. The van der Waals surface area contributed by atoms with Crippen LogP contribution >= 0.6 is 0 Å².